The molecule has 0 unspecified atom stereocenters. The van der Waals surface area contributed by atoms with E-state index in [1.165, 1.54) is 32.4 Å². The summed E-state index contributed by atoms with van der Waals surface area (Å²) in [6, 6.07) is 9.32. The molecule has 0 radical (unpaired) electrons. The standard InChI is InChI=1S/C20H16ClNO6/c1-10-14-5-4-6-15(21)17(14)28-16(10)18(23)22-13-8-11(19(24)26-2)7-12(9-13)20(25)27-3/h4-9H,1-3H3,(H,22,23). The number of rotatable bonds is 4. The molecule has 28 heavy (non-hydrogen) atoms. The van der Waals surface area contributed by atoms with Gasteiger partial charge in [0.05, 0.1) is 30.4 Å². The average Bonchev–Trinajstić information content (AvgIpc) is 3.04. The molecule has 1 heterocycles. The lowest BCUT2D eigenvalue weighted by atomic mass is 10.1. The molecule has 2 aromatic carbocycles. The van der Waals surface area contributed by atoms with Gasteiger partial charge in [-0.05, 0) is 31.2 Å². The lowest BCUT2D eigenvalue weighted by Gasteiger charge is -2.09. The van der Waals surface area contributed by atoms with Gasteiger partial charge in [0.1, 0.15) is 0 Å². The van der Waals surface area contributed by atoms with Gasteiger partial charge in [0, 0.05) is 16.6 Å². The van der Waals surface area contributed by atoms with E-state index in [4.69, 9.17) is 16.0 Å². The molecule has 144 valence electrons. The number of ether oxygens (including phenoxy) is 2. The van der Waals surface area contributed by atoms with Gasteiger partial charge >= 0.3 is 11.9 Å². The van der Waals surface area contributed by atoms with Crippen LogP contribution < -0.4 is 5.32 Å². The van der Waals surface area contributed by atoms with E-state index < -0.39 is 17.8 Å². The zero-order valence-corrected chi connectivity index (χ0v) is 16.0. The molecule has 3 rings (SSSR count). The zero-order chi connectivity index (χ0) is 20.4. The molecule has 1 amide bonds. The molecule has 7 nitrogen and oxygen atoms in total. The first-order chi connectivity index (χ1) is 13.3. The third-order valence-electron chi connectivity index (χ3n) is 4.16. The Hall–Kier alpha value is -3.32. The van der Waals surface area contributed by atoms with E-state index in [2.05, 4.69) is 14.8 Å². The number of para-hydroxylation sites is 1. The van der Waals surface area contributed by atoms with Crippen LogP contribution in [-0.4, -0.2) is 32.1 Å². The predicted molar refractivity (Wildman–Crippen MR) is 103 cm³/mol. The number of nitrogens with one attached hydrogen (secondary N) is 1. The molecule has 0 aliphatic rings. The van der Waals surface area contributed by atoms with Crippen molar-refractivity contribution in [1.82, 2.24) is 0 Å². The maximum absolute atomic E-state index is 12.7. The molecule has 0 fully saturated rings. The van der Waals surface area contributed by atoms with Crippen molar-refractivity contribution in [2.75, 3.05) is 19.5 Å². The van der Waals surface area contributed by atoms with Crippen molar-refractivity contribution < 1.29 is 28.3 Å². The van der Waals surface area contributed by atoms with Crippen LogP contribution in [0.5, 0.6) is 0 Å². The van der Waals surface area contributed by atoms with Crippen molar-refractivity contribution in [3.05, 3.63) is 63.9 Å². The number of carbonyl (C=O) groups excluding carboxylic acids is 3. The Bertz CT molecular complexity index is 1070. The Morgan fingerprint density at radius 2 is 1.61 bits per heavy atom. The number of halogens is 1. The number of hydrogen-bond donors (Lipinski definition) is 1. The molecule has 0 aliphatic heterocycles. The molecule has 0 saturated heterocycles. The second-order valence-electron chi connectivity index (χ2n) is 5.91. The Morgan fingerprint density at radius 3 is 2.14 bits per heavy atom. The first-order valence-corrected chi connectivity index (χ1v) is 8.54. The molecule has 8 heteroatoms. The average molecular weight is 402 g/mol. The molecule has 0 bridgehead atoms. The van der Waals surface area contributed by atoms with Crippen molar-refractivity contribution in [3.8, 4) is 0 Å². The van der Waals surface area contributed by atoms with Crippen molar-refractivity contribution in [3.63, 3.8) is 0 Å². The van der Waals surface area contributed by atoms with Gasteiger partial charge in [0.2, 0.25) is 0 Å². The number of aryl methyl sites for hydroxylation is 1. The third-order valence-corrected chi connectivity index (χ3v) is 4.45. The van der Waals surface area contributed by atoms with Crippen LogP contribution in [0, 0.1) is 6.92 Å². The van der Waals surface area contributed by atoms with E-state index in [-0.39, 0.29) is 22.6 Å². The largest absolute Gasteiger partial charge is 0.465 e. The second-order valence-corrected chi connectivity index (χ2v) is 6.32. The van der Waals surface area contributed by atoms with Gasteiger partial charge in [-0.15, -0.1) is 0 Å². The Kier molecular flexibility index (Phi) is 5.37. The highest BCUT2D eigenvalue weighted by Gasteiger charge is 2.21. The first-order valence-electron chi connectivity index (χ1n) is 8.16. The summed E-state index contributed by atoms with van der Waals surface area (Å²) < 4.78 is 15.0. The molecular weight excluding hydrogens is 386 g/mol. The van der Waals surface area contributed by atoms with Crippen LogP contribution in [0.3, 0.4) is 0 Å². The number of anilines is 1. The van der Waals surface area contributed by atoms with E-state index in [0.29, 0.717) is 16.2 Å². The molecule has 0 atom stereocenters. The highest BCUT2D eigenvalue weighted by molar-refractivity contribution is 6.35. The summed E-state index contributed by atoms with van der Waals surface area (Å²) >= 11 is 6.12. The summed E-state index contributed by atoms with van der Waals surface area (Å²) in [4.78, 5) is 36.5. The van der Waals surface area contributed by atoms with Crippen LogP contribution >= 0.6 is 11.6 Å². The predicted octanol–water partition coefficient (Wildman–Crippen LogP) is 4.22. The highest BCUT2D eigenvalue weighted by Crippen LogP contribution is 2.31. The Labute approximate surface area is 165 Å². The summed E-state index contributed by atoms with van der Waals surface area (Å²) in [6.07, 6.45) is 0. The second kappa shape index (κ2) is 7.74. The number of fused-ring (bicyclic) bond motifs is 1. The monoisotopic (exact) mass is 401 g/mol. The fourth-order valence-corrected chi connectivity index (χ4v) is 3.00. The highest BCUT2D eigenvalue weighted by atomic mass is 35.5. The van der Waals surface area contributed by atoms with Gasteiger partial charge in [-0.2, -0.15) is 0 Å². The molecule has 0 spiro atoms. The van der Waals surface area contributed by atoms with Gasteiger partial charge in [-0.3, -0.25) is 4.79 Å². The molecular formula is C20H16ClNO6. The number of methoxy groups -OCH3 is 2. The molecule has 0 saturated carbocycles. The summed E-state index contributed by atoms with van der Waals surface area (Å²) in [6.45, 7) is 1.74. The first kappa shape index (κ1) is 19.4. The van der Waals surface area contributed by atoms with Gasteiger partial charge in [-0.25, -0.2) is 9.59 Å². The number of carbonyl (C=O) groups is 3. The van der Waals surface area contributed by atoms with E-state index in [0.717, 1.165) is 5.39 Å². The van der Waals surface area contributed by atoms with Crippen LogP contribution in [0.2, 0.25) is 5.02 Å². The van der Waals surface area contributed by atoms with Crippen molar-refractivity contribution in [2.45, 2.75) is 6.92 Å². The number of amides is 1. The fraction of sp³-hybridized carbons (Fsp3) is 0.150. The van der Waals surface area contributed by atoms with Gasteiger partial charge in [-0.1, -0.05) is 23.7 Å². The van der Waals surface area contributed by atoms with Crippen LogP contribution in [0.1, 0.15) is 36.8 Å². The molecule has 3 aromatic rings. The van der Waals surface area contributed by atoms with Crippen molar-refractivity contribution in [1.29, 1.82) is 0 Å². The fourth-order valence-electron chi connectivity index (χ4n) is 2.78. The quantitative estimate of drug-likeness (QED) is 0.657. The molecule has 1 aromatic heterocycles. The van der Waals surface area contributed by atoms with Crippen LogP contribution in [0.25, 0.3) is 11.0 Å². The maximum Gasteiger partial charge on any atom is 0.337 e. The van der Waals surface area contributed by atoms with Gasteiger partial charge < -0.3 is 19.2 Å². The summed E-state index contributed by atoms with van der Waals surface area (Å²) in [5, 5.41) is 3.73. The lowest BCUT2D eigenvalue weighted by molar-refractivity contribution is 0.0599. The van der Waals surface area contributed by atoms with E-state index in [9.17, 15) is 14.4 Å². The summed E-state index contributed by atoms with van der Waals surface area (Å²) in [5.74, 6) is -1.80. The van der Waals surface area contributed by atoms with Crippen molar-refractivity contribution in [2.24, 2.45) is 0 Å². The van der Waals surface area contributed by atoms with Crippen LogP contribution in [0.4, 0.5) is 5.69 Å². The van der Waals surface area contributed by atoms with Gasteiger partial charge in [0.25, 0.3) is 5.91 Å². The summed E-state index contributed by atoms with van der Waals surface area (Å²) in [5.41, 5.74) is 1.41. The molecule has 1 N–H and O–H groups in total. The minimum Gasteiger partial charge on any atom is -0.465 e. The normalized spacial score (nSPS) is 10.6. The minimum atomic E-state index is -0.659. The minimum absolute atomic E-state index is 0.0752. The number of esters is 2. The van der Waals surface area contributed by atoms with Crippen LogP contribution in [-0.2, 0) is 9.47 Å². The topological polar surface area (TPSA) is 94.8 Å². The Morgan fingerprint density at radius 1 is 1.00 bits per heavy atom. The number of benzene rings is 2. The Balaban J connectivity index is 2.00. The maximum atomic E-state index is 12.7. The van der Waals surface area contributed by atoms with Gasteiger partial charge in [0.15, 0.2) is 11.3 Å². The number of hydrogen-bond acceptors (Lipinski definition) is 6. The summed E-state index contributed by atoms with van der Waals surface area (Å²) in [7, 11) is 2.43. The van der Waals surface area contributed by atoms with Crippen LogP contribution in [0.15, 0.2) is 40.8 Å². The van der Waals surface area contributed by atoms with Crippen molar-refractivity contribution >= 4 is 46.1 Å². The molecule has 0 aliphatic carbocycles. The smallest absolute Gasteiger partial charge is 0.337 e. The third kappa shape index (κ3) is 3.57. The van der Waals surface area contributed by atoms with E-state index in [1.807, 2.05) is 0 Å². The van der Waals surface area contributed by atoms with E-state index in [1.54, 1.807) is 25.1 Å². The SMILES string of the molecule is COC(=O)c1cc(NC(=O)c2oc3c(Cl)cccc3c2C)cc(C(=O)OC)c1. The number of furan rings is 1. The lowest BCUT2D eigenvalue weighted by Crippen LogP contribution is -2.14. The zero-order valence-electron chi connectivity index (χ0n) is 15.3. The van der Waals surface area contributed by atoms with E-state index >= 15 is 0 Å².